The zero-order valence-corrected chi connectivity index (χ0v) is 12.4. The first-order valence-electron chi connectivity index (χ1n) is 6.93. The molecule has 5 heteroatoms. The molecular formula is C17H16N2O3. The maximum atomic E-state index is 12.7. The number of hydrogen-bond acceptors (Lipinski definition) is 3. The van der Waals surface area contributed by atoms with Crippen LogP contribution in [0.5, 0.6) is 5.75 Å². The van der Waals surface area contributed by atoms with Crippen molar-refractivity contribution in [2.75, 3.05) is 19.1 Å². The van der Waals surface area contributed by atoms with Crippen LogP contribution in [0.25, 0.3) is 0 Å². The molecule has 0 radical (unpaired) electrons. The molecule has 0 N–H and O–H groups in total. The van der Waals surface area contributed by atoms with E-state index in [0.29, 0.717) is 11.4 Å². The second-order valence-electron chi connectivity index (χ2n) is 5.08. The molecule has 0 aromatic heterocycles. The first-order chi connectivity index (χ1) is 10.6. The van der Waals surface area contributed by atoms with Gasteiger partial charge in [-0.25, -0.2) is 9.69 Å². The summed E-state index contributed by atoms with van der Waals surface area (Å²) in [5.74, 6) is 0.343. The zero-order valence-electron chi connectivity index (χ0n) is 12.4. The van der Waals surface area contributed by atoms with Gasteiger partial charge in [0.2, 0.25) is 0 Å². The first-order valence-corrected chi connectivity index (χ1v) is 6.93. The number of benzene rings is 2. The molecule has 1 heterocycles. The molecule has 112 valence electrons. The van der Waals surface area contributed by atoms with Crippen LogP contribution in [0, 0.1) is 0 Å². The van der Waals surface area contributed by atoms with Gasteiger partial charge in [-0.1, -0.05) is 36.4 Å². The van der Waals surface area contributed by atoms with Gasteiger partial charge in [0.1, 0.15) is 11.8 Å². The predicted octanol–water partition coefficient (Wildman–Crippen LogP) is 2.83. The van der Waals surface area contributed by atoms with Crippen molar-refractivity contribution in [2.45, 2.75) is 6.04 Å². The molecule has 0 spiro atoms. The van der Waals surface area contributed by atoms with Crippen molar-refractivity contribution in [3.05, 3.63) is 60.2 Å². The van der Waals surface area contributed by atoms with E-state index >= 15 is 0 Å². The topological polar surface area (TPSA) is 49.9 Å². The molecule has 1 fully saturated rings. The van der Waals surface area contributed by atoms with E-state index < -0.39 is 6.04 Å². The molecule has 0 saturated carbocycles. The number of carbonyl (C=O) groups is 2. The second kappa shape index (κ2) is 5.52. The molecule has 3 rings (SSSR count). The van der Waals surface area contributed by atoms with Crippen molar-refractivity contribution in [2.24, 2.45) is 0 Å². The second-order valence-corrected chi connectivity index (χ2v) is 5.08. The van der Waals surface area contributed by atoms with Crippen molar-refractivity contribution >= 4 is 17.6 Å². The lowest BCUT2D eigenvalue weighted by molar-refractivity contribution is -0.119. The number of rotatable bonds is 3. The summed E-state index contributed by atoms with van der Waals surface area (Å²) in [6.07, 6.45) is 0. The number of imide groups is 1. The average molecular weight is 296 g/mol. The summed E-state index contributed by atoms with van der Waals surface area (Å²) >= 11 is 0. The van der Waals surface area contributed by atoms with E-state index in [0.717, 1.165) is 5.56 Å². The quantitative estimate of drug-likeness (QED) is 0.818. The van der Waals surface area contributed by atoms with Crippen LogP contribution >= 0.6 is 0 Å². The number of ether oxygens (including phenoxy) is 1. The summed E-state index contributed by atoms with van der Waals surface area (Å²) in [6, 6.07) is 15.3. The highest BCUT2D eigenvalue weighted by Crippen LogP contribution is 2.34. The van der Waals surface area contributed by atoms with Gasteiger partial charge in [-0.2, -0.15) is 0 Å². The minimum atomic E-state index is -0.597. The molecular weight excluding hydrogens is 280 g/mol. The Kier molecular flexibility index (Phi) is 3.55. The van der Waals surface area contributed by atoms with Crippen molar-refractivity contribution in [3.63, 3.8) is 0 Å². The number of nitrogens with zero attached hydrogens (tertiary/aromatic N) is 2. The van der Waals surface area contributed by atoms with Gasteiger partial charge in [0.25, 0.3) is 5.91 Å². The number of urea groups is 1. The fraction of sp³-hybridized carbons (Fsp3) is 0.176. The van der Waals surface area contributed by atoms with Crippen molar-refractivity contribution < 1.29 is 14.3 Å². The molecule has 1 unspecified atom stereocenters. The molecule has 1 aliphatic rings. The SMILES string of the molecule is COc1cccc(N2C(=O)C(c3ccccc3)N(C)C2=O)c1. The van der Waals surface area contributed by atoms with Crippen molar-refractivity contribution in [3.8, 4) is 5.75 Å². The van der Waals surface area contributed by atoms with E-state index in [1.807, 2.05) is 30.3 Å². The Balaban J connectivity index is 2.00. The fourth-order valence-electron chi connectivity index (χ4n) is 2.64. The lowest BCUT2D eigenvalue weighted by Gasteiger charge is -2.15. The van der Waals surface area contributed by atoms with Crippen molar-refractivity contribution in [1.82, 2.24) is 4.90 Å². The summed E-state index contributed by atoms with van der Waals surface area (Å²) in [5, 5.41) is 0. The van der Waals surface area contributed by atoms with Gasteiger partial charge in [0.15, 0.2) is 0 Å². The van der Waals surface area contributed by atoms with E-state index in [-0.39, 0.29) is 11.9 Å². The van der Waals surface area contributed by atoms with Gasteiger partial charge in [-0.05, 0) is 17.7 Å². The van der Waals surface area contributed by atoms with Gasteiger partial charge in [0, 0.05) is 13.1 Å². The number of carbonyl (C=O) groups excluding carboxylic acids is 2. The summed E-state index contributed by atoms with van der Waals surface area (Å²) in [7, 11) is 3.18. The third-order valence-corrected chi connectivity index (χ3v) is 3.76. The number of anilines is 1. The largest absolute Gasteiger partial charge is 0.497 e. The molecule has 5 nitrogen and oxygen atoms in total. The number of methoxy groups -OCH3 is 1. The molecule has 1 atom stereocenters. The molecule has 2 aromatic carbocycles. The predicted molar refractivity (Wildman–Crippen MR) is 82.8 cm³/mol. The Labute approximate surface area is 128 Å². The van der Waals surface area contributed by atoms with E-state index in [1.54, 1.807) is 38.4 Å². The zero-order chi connectivity index (χ0) is 15.7. The van der Waals surface area contributed by atoms with Crippen LogP contribution in [-0.4, -0.2) is 31.0 Å². The lowest BCUT2D eigenvalue weighted by Crippen LogP contribution is -2.31. The highest BCUT2D eigenvalue weighted by atomic mass is 16.5. The number of amides is 3. The maximum absolute atomic E-state index is 12.7. The minimum absolute atomic E-state index is 0.257. The normalized spacial score (nSPS) is 18.0. The van der Waals surface area contributed by atoms with Crippen LogP contribution in [0.2, 0.25) is 0 Å². The third-order valence-electron chi connectivity index (χ3n) is 3.76. The van der Waals surface area contributed by atoms with Crippen LogP contribution in [-0.2, 0) is 4.79 Å². The van der Waals surface area contributed by atoms with E-state index in [9.17, 15) is 9.59 Å². The Bertz CT molecular complexity index is 715. The Morgan fingerprint density at radius 3 is 2.41 bits per heavy atom. The minimum Gasteiger partial charge on any atom is -0.497 e. The summed E-state index contributed by atoms with van der Waals surface area (Å²) in [6.45, 7) is 0. The third kappa shape index (κ3) is 2.20. The van der Waals surface area contributed by atoms with Gasteiger partial charge in [-0.3, -0.25) is 4.79 Å². The van der Waals surface area contributed by atoms with Gasteiger partial charge < -0.3 is 9.64 Å². The molecule has 0 bridgehead atoms. The van der Waals surface area contributed by atoms with E-state index in [2.05, 4.69) is 0 Å². The molecule has 3 amide bonds. The van der Waals surface area contributed by atoms with Crippen LogP contribution in [0.15, 0.2) is 54.6 Å². The van der Waals surface area contributed by atoms with Crippen LogP contribution < -0.4 is 9.64 Å². The lowest BCUT2D eigenvalue weighted by atomic mass is 10.1. The Morgan fingerprint density at radius 2 is 1.73 bits per heavy atom. The van der Waals surface area contributed by atoms with Crippen LogP contribution in [0.1, 0.15) is 11.6 Å². The summed E-state index contributed by atoms with van der Waals surface area (Å²) < 4.78 is 5.16. The molecule has 1 aliphatic heterocycles. The number of hydrogen-bond donors (Lipinski definition) is 0. The molecule has 1 saturated heterocycles. The Morgan fingerprint density at radius 1 is 1.00 bits per heavy atom. The van der Waals surface area contributed by atoms with Gasteiger partial charge in [0.05, 0.1) is 12.8 Å². The van der Waals surface area contributed by atoms with E-state index in [1.165, 1.54) is 9.80 Å². The first kappa shape index (κ1) is 14.1. The standard InChI is InChI=1S/C17H16N2O3/c1-18-15(12-7-4-3-5-8-12)16(20)19(17(18)21)13-9-6-10-14(11-13)22-2/h3-11,15H,1-2H3. The molecule has 0 aliphatic carbocycles. The smallest absolute Gasteiger partial charge is 0.332 e. The molecule has 2 aromatic rings. The molecule has 22 heavy (non-hydrogen) atoms. The van der Waals surface area contributed by atoms with Crippen LogP contribution in [0.3, 0.4) is 0 Å². The van der Waals surface area contributed by atoms with E-state index in [4.69, 9.17) is 4.74 Å². The average Bonchev–Trinajstić information content (AvgIpc) is 2.78. The summed E-state index contributed by atoms with van der Waals surface area (Å²) in [5.41, 5.74) is 1.31. The number of likely N-dealkylation sites (N-methyl/N-ethyl adjacent to an activating group) is 1. The maximum Gasteiger partial charge on any atom is 0.332 e. The summed E-state index contributed by atoms with van der Waals surface area (Å²) in [4.78, 5) is 27.9. The van der Waals surface area contributed by atoms with Crippen LogP contribution in [0.4, 0.5) is 10.5 Å². The highest BCUT2D eigenvalue weighted by molar-refractivity contribution is 6.21. The highest BCUT2D eigenvalue weighted by Gasteiger charge is 2.44. The van der Waals surface area contributed by atoms with Crippen molar-refractivity contribution in [1.29, 1.82) is 0 Å². The van der Waals surface area contributed by atoms with Gasteiger partial charge in [-0.15, -0.1) is 0 Å². The Hall–Kier alpha value is -2.82. The monoisotopic (exact) mass is 296 g/mol. The van der Waals surface area contributed by atoms with Gasteiger partial charge >= 0.3 is 6.03 Å². The fourth-order valence-corrected chi connectivity index (χ4v) is 2.64.